The average molecular weight is 198 g/mol. The van der Waals surface area contributed by atoms with Gasteiger partial charge in [0.1, 0.15) is 0 Å². The van der Waals surface area contributed by atoms with Crippen molar-refractivity contribution < 1.29 is 0 Å². The summed E-state index contributed by atoms with van der Waals surface area (Å²) in [5.74, 6) is 0.533. The second kappa shape index (κ2) is 4.23. The number of aromatic nitrogens is 1. The molecule has 0 aliphatic rings. The highest BCUT2D eigenvalue weighted by Gasteiger charge is 2.04. The van der Waals surface area contributed by atoms with E-state index in [-0.39, 0.29) is 0 Å². The minimum absolute atomic E-state index is 0.533. The molecule has 0 aromatic carbocycles. The summed E-state index contributed by atoms with van der Waals surface area (Å²) in [6, 6.07) is 0. The molecule has 0 fully saturated rings. The van der Waals surface area contributed by atoms with E-state index in [0.717, 1.165) is 10.7 Å². The van der Waals surface area contributed by atoms with E-state index in [1.807, 2.05) is 24.3 Å². The van der Waals surface area contributed by atoms with Crippen molar-refractivity contribution in [1.82, 2.24) is 9.88 Å². The molecule has 1 aromatic heterocycles. The van der Waals surface area contributed by atoms with Gasteiger partial charge in [-0.1, -0.05) is 0 Å². The third-order valence-corrected chi connectivity index (χ3v) is 2.51. The zero-order chi connectivity index (χ0) is 9.84. The number of aliphatic imine (C=N–C) groups is 1. The molecule has 0 saturated carbocycles. The van der Waals surface area contributed by atoms with Crippen molar-refractivity contribution in [3.63, 3.8) is 0 Å². The van der Waals surface area contributed by atoms with Gasteiger partial charge in [-0.3, -0.25) is 4.99 Å². The summed E-state index contributed by atoms with van der Waals surface area (Å²) >= 11 is 1.65. The van der Waals surface area contributed by atoms with Crippen molar-refractivity contribution in [2.24, 2.45) is 10.7 Å². The van der Waals surface area contributed by atoms with E-state index in [1.54, 1.807) is 18.4 Å². The number of rotatable bonds is 2. The number of hydrogen-bond acceptors (Lipinski definition) is 3. The summed E-state index contributed by atoms with van der Waals surface area (Å²) in [5, 5.41) is 3.12. The van der Waals surface area contributed by atoms with Gasteiger partial charge in [-0.2, -0.15) is 0 Å². The summed E-state index contributed by atoms with van der Waals surface area (Å²) in [5.41, 5.74) is 6.66. The van der Waals surface area contributed by atoms with Gasteiger partial charge in [-0.05, 0) is 6.92 Å². The number of guanidine groups is 1. The lowest BCUT2D eigenvalue weighted by atomic mass is 10.4. The second-order valence-electron chi connectivity index (χ2n) is 2.80. The molecule has 0 amide bonds. The van der Waals surface area contributed by atoms with E-state index in [2.05, 4.69) is 9.98 Å². The van der Waals surface area contributed by atoms with Crippen LogP contribution in [-0.2, 0) is 6.54 Å². The van der Waals surface area contributed by atoms with Gasteiger partial charge in [0.15, 0.2) is 5.96 Å². The van der Waals surface area contributed by atoms with Crippen LogP contribution >= 0.6 is 11.3 Å². The Morgan fingerprint density at radius 1 is 1.77 bits per heavy atom. The highest BCUT2D eigenvalue weighted by molar-refractivity contribution is 7.09. The molecular weight excluding hydrogens is 184 g/mol. The summed E-state index contributed by atoms with van der Waals surface area (Å²) in [7, 11) is 3.58. The maximum Gasteiger partial charge on any atom is 0.191 e. The first kappa shape index (κ1) is 9.98. The fraction of sp³-hybridized carbons (Fsp3) is 0.500. The highest BCUT2D eigenvalue weighted by atomic mass is 32.1. The van der Waals surface area contributed by atoms with Gasteiger partial charge in [0.2, 0.25) is 0 Å². The largest absolute Gasteiger partial charge is 0.370 e. The molecule has 0 atom stereocenters. The van der Waals surface area contributed by atoms with Crippen molar-refractivity contribution in [2.75, 3.05) is 14.1 Å². The highest BCUT2D eigenvalue weighted by Crippen LogP contribution is 2.09. The number of nitrogens with two attached hydrogens (primary N) is 1. The predicted octanol–water partition coefficient (Wildman–Crippen LogP) is 0.828. The van der Waals surface area contributed by atoms with Gasteiger partial charge in [-0.15, -0.1) is 11.3 Å². The van der Waals surface area contributed by atoms with Gasteiger partial charge in [0, 0.05) is 19.5 Å². The summed E-state index contributed by atoms with van der Waals surface area (Å²) < 4.78 is 0. The third kappa shape index (κ3) is 2.69. The monoisotopic (exact) mass is 198 g/mol. The van der Waals surface area contributed by atoms with Crippen molar-refractivity contribution in [3.05, 3.63) is 16.1 Å². The molecule has 0 bridgehead atoms. The normalized spacial score (nSPS) is 11.8. The van der Waals surface area contributed by atoms with Gasteiger partial charge >= 0.3 is 0 Å². The molecular formula is C8H14N4S. The van der Waals surface area contributed by atoms with Crippen LogP contribution in [0.1, 0.15) is 10.7 Å². The lowest BCUT2D eigenvalue weighted by Gasteiger charge is -2.15. The van der Waals surface area contributed by atoms with Crippen LogP contribution in [0.3, 0.4) is 0 Å². The summed E-state index contributed by atoms with van der Waals surface area (Å²) in [6.07, 6.45) is 0. The quantitative estimate of drug-likeness (QED) is 0.565. The van der Waals surface area contributed by atoms with E-state index < -0.39 is 0 Å². The Kier molecular flexibility index (Phi) is 3.25. The first-order valence-electron chi connectivity index (χ1n) is 3.98. The number of aryl methyl sites for hydroxylation is 1. The molecule has 1 heterocycles. The van der Waals surface area contributed by atoms with E-state index in [9.17, 15) is 0 Å². The lowest BCUT2D eigenvalue weighted by Crippen LogP contribution is -2.33. The number of hydrogen-bond donors (Lipinski definition) is 1. The average Bonchev–Trinajstić information content (AvgIpc) is 2.49. The summed E-state index contributed by atoms with van der Waals surface area (Å²) in [6.45, 7) is 2.71. The van der Waals surface area contributed by atoms with Crippen LogP contribution in [0.4, 0.5) is 0 Å². The molecule has 72 valence electrons. The fourth-order valence-electron chi connectivity index (χ4n) is 0.976. The Balaban J connectivity index is 2.59. The van der Waals surface area contributed by atoms with Crippen LogP contribution in [-0.4, -0.2) is 29.9 Å². The van der Waals surface area contributed by atoms with Crippen molar-refractivity contribution in [3.8, 4) is 0 Å². The van der Waals surface area contributed by atoms with Crippen LogP contribution in [0.25, 0.3) is 0 Å². The van der Waals surface area contributed by atoms with Crippen LogP contribution in [0.2, 0.25) is 0 Å². The maximum absolute atomic E-state index is 5.62. The second-order valence-corrected chi connectivity index (χ2v) is 3.86. The lowest BCUT2D eigenvalue weighted by molar-refractivity contribution is 0.487. The maximum atomic E-state index is 5.62. The Hall–Kier alpha value is -1.10. The Labute approximate surface area is 82.1 Å². The number of thiazole rings is 1. The predicted molar refractivity (Wildman–Crippen MR) is 55.9 cm³/mol. The SMILES string of the molecule is CN=C(N)N(C)Cc1csc(C)n1. The summed E-state index contributed by atoms with van der Waals surface area (Å²) in [4.78, 5) is 10.1. The van der Waals surface area contributed by atoms with Crippen molar-refractivity contribution in [1.29, 1.82) is 0 Å². The Bertz CT molecular complexity index is 305. The van der Waals surface area contributed by atoms with Gasteiger partial charge < -0.3 is 10.6 Å². The third-order valence-electron chi connectivity index (χ3n) is 1.69. The van der Waals surface area contributed by atoms with Crippen LogP contribution < -0.4 is 5.73 Å². The van der Waals surface area contributed by atoms with Crippen molar-refractivity contribution >= 4 is 17.3 Å². The topological polar surface area (TPSA) is 54.5 Å². The van der Waals surface area contributed by atoms with Gasteiger partial charge in [0.05, 0.1) is 17.2 Å². The van der Waals surface area contributed by atoms with Crippen LogP contribution in [0, 0.1) is 6.92 Å². The molecule has 4 nitrogen and oxygen atoms in total. The molecule has 1 rings (SSSR count). The zero-order valence-electron chi connectivity index (χ0n) is 8.11. The van der Waals surface area contributed by atoms with Crippen molar-refractivity contribution in [2.45, 2.75) is 13.5 Å². The molecule has 0 aliphatic heterocycles. The first-order chi connectivity index (χ1) is 6.13. The minimum Gasteiger partial charge on any atom is -0.370 e. The molecule has 1 aromatic rings. The molecule has 2 N–H and O–H groups in total. The van der Waals surface area contributed by atoms with Gasteiger partial charge in [-0.25, -0.2) is 4.98 Å². The zero-order valence-corrected chi connectivity index (χ0v) is 8.93. The molecule has 0 aliphatic carbocycles. The first-order valence-corrected chi connectivity index (χ1v) is 4.86. The Morgan fingerprint density at radius 3 is 2.92 bits per heavy atom. The number of nitrogens with zero attached hydrogens (tertiary/aromatic N) is 3. The van der Waals surface area contributed by atoms with Gasteiger partial charge in [0.25, 0.3) is 0 Å². The smallest absolute Gasteiger partial charge is 0.191 e. The standard InChI is InChI=1S/C8H14N4S/c1-6-11-7(5-13-6)4-12(3)8(9)10-2/h5H,4H2,1-3H3,(H2,9,10). The van der Waals surface area contributed by atoms with Crippen LogP contribution in [0.5, 0.6) is 0 Å². The van der Waals surface area contributed by atoms with E-state index in [0.29, 0.717) is 12.5 Å². The minimum atomic E-state index is 0.533. The molecule has 0 spiro atoms. The van der Waals surface area contributed by atoms with E-state index in [1.165, 1.54) is 0 Å². The molecule has 0 radical (unpaired) electrons. The van der Waals surface area contributed by atoms with E-state index in [4.69, 9.17) is 5.73 Å². The molecule has 0 saturated heterocycles. The molecule has 13 heavy (non-hydrogen) atoms. The Morgan fingerprint density at radius 2 is 2.46 bits per heavy atom. The van der Waals surface area contributed by atoms with Crippen LogP contribution in [0.15, 0.2) is 10.4 Å². The fourth-order valence-corrected chi connectivity index (χ4v) is 1.58. The van der Waals surface area contributed by atoms with E-state index >= 15 is 0 Å². The molecule has 5 heteroatoms. The molecule has 0 unspecified atom stereocenters.